The van der Waals surface area contributed by atoms with Gasteiger partial charge < -0.3 is 10.4 Å². The summed E-state index contributed by atoms with van der Waals surface area (Å²) in [5.41, 5.74) is 3.92. The van der Waals surface area contributed by atoms with Crippen LogP contribution in [-0.2, 0) is 12.8 Å². The first-order chi connectivity index (χ1) is 8.83. The highest BCUT2D eigenvalue weighted by Gasteiger charge is 2.20. The van der Waals surface area contributed by atoms with Gasteiger partial charge in [-0.2, -0.15) is 0 Å². The van der Waals surface area contributed by atoms with Crippen LogP contribution in [-0.4, -0.2) is 11.7 Å². The molecule has 0 saturated carbocycles. The maximum atomic E-state index is 9.64. The van der Waals surface area contributed by atoms with Gasteiger partial charge in [0.2, 0.25) is 0 Å². The third-order valence-electron chi connectivity index (χ3n) is 3.57. The molecule has 0 aromatic heterocycles. The fourth-order valence-corrected chi connectivity index (χ4v) is 2.66. The van der Waals surface area contributed by atoms with Crippen molar-refractivity contribution in [3.8, 4) is 5.75 Å². The predicted molar refractivity (Wildman–Crippen MR) is 72.7 cm³/mol. The van der Waals surface area contributed by atoms with E-state index in [1.54, 1.807) is 6.07 Å². The average molecular weight is 239 g/mol. The van der Waals surface area contributed by atoms with Gasteiger partial charge >= 0.3 is 0 Å². The number of nitrogens with one attached hydrogen (secondary N) is 1. The molecule has 2 aromatic carbocycles. The summed E-state index contributed by atoms with van der Waals surface area (Å²) in [6.45, 7) is 1.01. The summed E-state index contributed by atoms with van der Waals surface area (Å²) in [5.74, 6) is 0.357. The van der Waals surface area contributed by atoms with Crippen molar-refractivity contribution in [3.05, 3.63) is 65.2 Å². The molecule has 2 nitrogen and oxygen atoms in total. The third kappa shape index (κ3) is 2.24. The van der Waals surface area contributed by atoms with Crippen LogP contribution in [0.25, 0.3) is 0 Å². The molecule has 0 saturated heterocycles. The molecular weight excluding hydrogens is 222 g/mol. The van der Waals surface area contributed by atoms with Crippen molar-refractivity contribution in [2.45, 2.75) is 18.9 Å². The van der Waals surface area contributed by atoms with Gasteiger partial charge in [0.15, 0.2) is 0 Å². The summed E-state index contributed by atoms with van der Waals surface area (Å²) >= 11 is 0. The molecule has 2 aromatic rings. The summed E-state index contributed by atoms with van der Waals surface area (Å²) in [4.78, 5) is 0. The van der Waals surface area contributed by atoms with Crippen molar-refractivity contribution >= 4 is 0 Å². The first kappa shape index (κ1) is 11.3. The zero-order chi connectivity index (χ0) is 12.4. The third-order valence-corrected chi connectivity index (χ3v) is 3.57. The van der Waals surface area contributed by atoms with Crippen LogP contribution in [0.4, 0.5) is 0 Å². The summed E-state index contributed by atoms with van der Waals surface area (Å²) in [6.07, 6.45) is 2.01. The Hall–Kier alpha value is -1.80. The van der Waals surface area contributed by atoms with Crippen molar-refractivity contribution in [2.75, 3.05) is 6.54 Å². The zero-order valence-electron chi connectivity index (χ0n) is 10.3. The van der Waals surface area contributed by atoms with Gasteiger partial charge in [0.1, 0.15) is 5.75 Å². The molecule has 2 heteroatoms. The van der Waals surface area contributed by atoms with Crippen molar-refractivity contribution < 1.29 is 5.11 Å². The number of hydrogen-bond acceptors (Lipinski definition) is 2. The first-order valence-electron chi connectivity index (χ1n) is 6.42. The minimum absolute atomic E-state index is 0.309. The van der Waals surface area contributed by atoms with Crippen LogP contribution in [0.1, 0.15) is 22.7 Å². The van der Waals surface area contributed by atoms with Crippen molar-refractivity contribution in [3.63, 3.8) is 0 Å². The van der Waals surface area contributed by atoms with Crippen LogP contribution < -0.4 is 5.32 Å². The van der Waals surface area contributed by atoms with Gasteiger partial charge in [-0.3, -0.25) is 0 Å². The minimum Gasteiger partial charge on any atom is -0.508 e. The topological polar surface area (TPSA) is 32.3 Å². The second-order valence-electron chi connectivity index (χ2n) is 4.83. The van der Waals surface area contributed by atoms with E-state index in [0.717, 1.165) is 19.4 Å². The Kier molecular flexibility index (Phi) is 3.03. The van der Waals surface area contributed by atoms with E-state index in [2.05, 4.69) is 29.6 Å². The zero-order valence-corrected chi connectivity index (χ0v) is 10.3. The Morgan fingerprint density at radius 2 is 1.94 bits per heavy atom. The predicted octanol–water partition coefficient (Wildman–Crippen LogP) is 2.82. The molecular formula is C16H17NO. The highest BCUT2D eigenvalue weighted by molar-refractivity contribution is 5.39. The summed E-state index contributed by atoms with van der Waals surface area (Å²) in [6, 6.07) is 16.5. The fourth-order valence-electron chi connectivity index (χ4n) is 2.66. The lowest BCUT2D eigenvalue weighted by atomic mass is 9.90. The normalized spacial score (nSPS) is 18.3. The molecule has 18 heavy (non-hydrogen) atoms. The summed E-state index contributed by atoms with van der Waals surface area (Å²) < 4.78 is 0. The van der Waals surface area contributed by atoms with Crippen LogP contribution in [0.5, 0.6) is 5.75 Å². The van der Waals surface area contributed by atoms with Gasteiger partial charge in [-0.05, 0) is 48.2 Å². The Bertz CT molecular complexity index is 536. The van der Waals surface area contributed by atoms with E-state index in [1.165, 1.54) is 16.7 Å². The maximum absolute atomic E-state index is 9.64. The SMILES string of the molecule is Oc1ccc2c(c1)C(Cc1ccccc1)NCC2. The van der Waals surface area contributed by atoms with Crippen LogP contribution in [0.2, 0.25) is 0 Å². The van der Waals surface area contributed by atoms with E-state index in [0.29, 0.717) is 11.8 Å². The van der Waals surface area contributed by atoms with Gasteiger partial charge in [0.05, 0.1) is 0 Å². The highest BCUT2D eigenvalue weighted by atomic mass is 16.3. The molecule has 0 amide bonds. The standard InChI is InChI=1S/C16H17NO/c18-14-7-6-13-8-9-17-16(15(13)11-14)10-12-4-2-1-3-5-12/h1-7,11,16-18H,8-10H2. The molecule has 1 aliphatic heterocycles. The molecule has 0 spiro atoms. The quantitative estimate of drug-likeness (QED) is 0.844. The Balaban J connectivity index is 1.89. The lowest BCUT2D eigenvalue weighted by molar-refractivity contribution is 0.463. The Morgan fingerprint density at radius 1 is 1.11 bits per heavy atom. The number of aromatic hydroxyl groups is 1. The van der Waals surface area contributed by atoms with Crippen LogP contribution in [0.15, 0.2) is 48.5 Å². The van der Waals surface area contributed by atoms with Gasteiger partial charge in [0.25, 0.3) is 0 Å². The monoisotopic (exact) mass is 239 g/mol. The van der Waals surface area contributed by atoms with Gasteiger partial charge in [-0.25, -0.2) is 0 Å². The van der Waals surface area contributed by atoms with Crippen molar-refractivity contribution in [1.82, 2.24) is 5.32 Å². The number of rotatable bonds is 2. The molecule has 0 bridgehead atoms. The molecule has 0 aliphatic carbocycles. The van der Waals surface area contributed by atoms with E-state index in [4.69, 9.17) is 0 Å². The van der Waals surface area contributed by atoms with E-state index in [9.17, 15) is 5.11 Å². The number of hydrogen-bond donors (Lipinski definition) is 2. The largest absolute Gasteiger partial charge is 0.508 e. The average Bonchev–Trinajstić information content (AvgIpc) is 2.41. The summed E-state index contributed by atoms with van der Waals surface area (Å²) in [7, 11) is 0. The summed E-state index contributed by atoms with van der Waals surface area (Å²) in [5, 5.41) is 13.2. The van der Waals surface area contributed by atoms with Gasteiger partial charge in [0, 0.05) is 6.04 Å². The lowest BCUT2D eigenvalue weighted by Gasteiger charge is -2.27. The molecule has 3 rings (SSSR count). The molecule has 0 radical (unpaired) electrons. The number of fused-ring (bicyclic) bond motifs is 1. The van der Waals surface area contributed by atoms with Crippen LogP contribution in [0.3, 0.4) is 0 Å². The maximum Gasteiger partial charge on any atom is 0.115 e. The highest BCUT2D eigenvalue weighted by Crippen LogP contribution is 2.28. The fraction of sp³-hybridized carbons (Fsp3) is 0.250. The van der Waals surface area contributed by atoms with E-state index in [-0.39, 0.29) is 0 Å². The molecule has 92 valence electrons. The molecule has 0 fully saturated rings. The minimum atomic E-state index is 0.309. The lowest BCUT2D eigenvalue weighted by Crippen LogP contribution is -2.31. The Labute approximate surface area is 107 Å². The van der Waals surface area contributed by atoms with Crippen LogP contribution in [0, 0.1) is 0 Å². The van der Waals surface area contributed by atoms with E-state index < -0.39 is 0 Å². The number of phenolic OH excluding ortho intramolecular Hbond substituents is 1. The number of phenols is 1. The van der Waals surface area contributed by atoms with E-state index in [1.807, 2.05) is 18.2 Å². The molecule has 1 aliphatic rings. The molecule has 1 heterocycles. The molecule has 2 N–H and O–H groups in total. The van der Waals surface area contributed by atoms with Crippen molar-refractivity contribution in [1.29, 1.82) is 0 Å². The smallest absolute Gasteiger partial charge is 0.115 e. The first-order valence-corrected chi connectivity index (χ1v) is 6.42. The van der Waals surface area contributed by atoms with E-state index >= 15 is 0 Å². The van der Waals surface area contributed by atoms with Crippen molar-refractivity contribution in [2.24, 2.45) is 0 Å². The van der Waals surface area contributed by atoms with Gasteiger partial charge in [-0.1, -0.05) is 36.4 Å². The molecule has 1 unspecified atom stereocenters. The Morgan fingerprint density at radius 3 is 2.78 bits per heavy atom. The van der Waals surface area contributed by atoms with Gasteiger partial charge in [-0.15, -0.1) is 0 Å². The van der Waals surface area contributed by atoms with Crippen LogP contribution >= 0.6 is 0 Å². The number of benzene rings is 2. The second-order valence-corrected chi connectivity index (χ2v) is 4.83. The molecule has 1 atom stereocenters. The second kappa shape index (κ2) is 4.83.